The Bertz CT molecular complexity index is 220. The van der Waals surface area contributed by atoms with Crippen molar-refractivity contribution < 1.29 is 4.79 Å². The molecule has 4 heteroatoms. The van der Waals surface area contributed by atoms with Crippen LogP contribution < -0.4 is 10.6 Å². The maximum atomic E-state index is 11.8. The van der Waals surface area contributed by atoms with E-state index in [0.29, 0.717) is 12.0 Å². The fraction of sp³-hybridized carbons (Fsp3) is 0.909. The van der Waals surface area contributed by atoms with Crippen molar-refractivity contribution in [2.45, 2.75) is 32.2 Å². The van der Waals surface area contributed by atoms with Crippen molar-refractivity contribution in [1.82, 2.24) is 15.5 Å². The van der Waals surface area contributed by atoms with Gasteiger partial charge in [0.2, 0.25) is 0 Å². The van der Waals surface area contributed by atoms with Crippen molar-refractivity contribution in [3.8, 4) is 0 Å². The molecule has 15 heavy (non-hydrogen) atoms. The number of amides is 2. The highest BCUT2D eigenvalue weighted by Crippen LogP contribution is 2.13. The molecule has 2 fully saturated rings. The molecule has 2 amide bonds. The minimum Gasteiger partial charge on any atom is -0.335 e. The van der Waals surface area contributed by atoms with Gasteiger partial charge in [-0.3, -0.25) is 0 Å². The standard InChI is InChI=1S/C11H21N3O/c1-9(10-4-5-12-8-10)13-11(15)14-6-2-3-7-14/h9-10,12H,2-8H2,1H3,(H,13,15). The normalized spacial score (nSPS) is 28.1. The van der Waals surface area contributed by atoms with E-state index in [2.05, 4.69) is 17.6 Å². The van der Waals surface area contributed by atoms with Gasteiger partial charge in [-0.1, -0.05) is 0 Å². The predicted octanol–water partition coefficient (Wildman–Crippen LogP) is 0.790. The Hall–Kier alpha value is -0.770. The molecule has 4 nitrogen and oxygen atoms in total. The highest BCUT2D eigenvalue weighted by molar-refractivity contribution is 5.74. The Labute approximate surface area is 91.4 Å². The molecule has 2 atom stereocenters. The van der Waals surface area contributed by atoms with E-state index in [9.17, 15) is 4.79 Å². The maximum absolute atomic E-state index is 11.8. The summed E-state index contributed by atoms with van der Waals surface area (Å²) in [5.41, 5.74) is 0. The van der Waals surface area contributed by atoms with Crippen molar-refractivity contribution in [2.24, 2.45) is 5.92 Å². The number of hydrogen-bond acceptors (Lipinski definition) is 2. The third-order valence-corrected chi connectivity index (χ3v) is 3.55. The Morgan fingerprint density at radius 2 is 2.20 bits per heavy atom. The molecule has 0 aliphatic carbocycles. The number of urea groups is 1. The first kappa shape index (κ1) is 10.7. The van der Waals surface area contributed by atoms with Crippen LogP contribution in [0.25, 0.3) is 0 Å². The van der Waals surface area contributed by atoms with Crippen LogP contribution in [0.3, 0.4) is 0 Å². The van der Waals surface area contributed by atoms with Crippen LogP contribution in [0.1, 0.15) is 26.2 Å². The molecule has 2 aliphatic rings. The molecule has 86 valence electrons. The van der Waals surface area contributed by atoms with E-state index in [4.69, 9.17) is 0 Å². The first-order valence-electron chi connectivity index (χ1n) is 6.03. The Balaban J connectivity index is 1.77. The Kier molecular flexibility index (Phi) is 3.46. The zero-order chi connectivity index (χ0) is 10.7. The first-order chi connectivity index (χ1) is 7.27. The number of rotatable bonds is 2. The summed E-state index contributed by atoms with van der Waals surface area (Å²) in [4.78, 5) is 13.7. The molecule has 2 unspecified atom stereocenters. The van der Waals surface area contributed by atoms with Crippen molar-refractivity contribution in [3.63, 3.8) is 0 Å². The van der Waals surface area contributed by atoms with E-state index in [0.717, 1.165) is 39.0 Å². The quantitative estimate of drug-likeness (QED) is 0.709. The minimum atomic E-state index is 0.131. The summed E-state index contributed by atoms with van der Waals surface area (Å²) in [6.45, 7) is 6.12. The van der Waals surface area contributed by atoms with Gasteiger partial charge in [0.1, 0.15) is 0 Å². The molecule has 0 aromatic heterocycles. The van der Waals surface area contributed by atoms with Crippen molar-refractivity contribution >= 4 is 6.03 Å². The van der Waals surface area contributed by atoms with Gasteiger partial charge in [-0.2, -0.15) is 0 Å². The van der Waals surface area contributed by atoms with Crippen LogP contribution in [0.2, 0.25) is 0 Å². The number of hydrogen-bond donors (Lipinski definition) is 2. The molecule has 2 heterocycles. The van der Waals surface area contributed by atoms with Gasteiger partial charge in [0.05, 0.1) is 0 Å². The van der Waals surface area contributed by atoms with E-state index in [1.807, 2.05) is 4.90 Å². The second kappa shape index (κ2) is 4.84. The van der Waals surface area contributed by atoms with E-state index >= 15 is 0 Å². The van der Waals surface area contributed by atoms with Gasteiger partial charge in [0, 0.05) is 19.1 Å². The summed E-state index contributed by atoms with van der Waals surface area (Å²) in [6.07, 6.45) is 3.50. The lowest BCUT2D eigenvalue weighted by Crippen LogP contribution is -2.45. The van der Waals surface area contributed by atoms with E-state index < -0.39 is 0 Å². The molecule has 0 bridgehead atoms. The Morgan fingerprint density at radius 1 is 1.47 bits per heavy atom. The molecule has 2 N–H and O–H groups in total. The summed E-state index contributed by atoms with van der Waals surface area (Å²) >= 11 is 0. The number of nitrogens with zero attached hydrogens (tertiary/aromatic N) is 1. The molecule has 2 rings (SSSR count). The average Bonchev–Trinajstić information content (AvgIpc) is 2.91. The number of carbonyl (C=O) groups is 1. The molecule has 0 aromatic rings. The second-order valence-electron chi connectivity index (χ2n) is 4.69. The fourth-order valence-electron chi connectivity index (χ4n) is 2.43. The molecule has 0 radical (unpaired) electrons. The summed E-state index contributed by atoms with van der Waals surface area (Å²) in [5.74, 6) is 0.608. The molecule has 0 saturated carbocycles. The van der Waals surface area contributed by atoms with Gasteiger partial charge >= 0.3 is 6.03 Å². The molecular weight excluding hydrogens is 190 g/mol. The number of likely N-dealkylation sites (tertiary alicyclic amines) is 1. The van der Waals surface area contributed by atoms with E-state index in [1.165, 1.54) is 6.42 Å². The molecule has 2 aliphatic heterocycles. The summed E-state index contributed by atoms with van der Waals surface area (Å²) < 4.78 is 0. The van der Waals surface area contributed by atoms with Crippen LogP contribution in [0.5, 0.6) is 0 Å². The zero-order valence-electron chi connectivity index (χ0n) is 9.46. The van der Waals surface area contributed by atoms with Crippen LogP contribution in [-0.4, -0.2) is 43.2 Å². The van der Waals surface area contributed by atoms with Crippen molar-refractivity contribution in [2.75, 3.05) is 26.2 Å². The van der Waals surface area contributed by atoms with Crippen LogP contribution in [0, 0.1) is 5.92 Å². The minimum absolute atomic E-state index is 0.131. The van der Waals surface area contributed by atoms with Gasteiger partial charge in [-0.15, -0.1) is 0 Å². The fourth-order valence-corrected chi connectivity index (χ4v) is 2.43. The number of nitrogens with one attached hydrogen (secondary N) is 2. The van der Waals surface area contributed by atoms with Gasteiger partial charge in [0.15, 0.2) is 0 Å². The maximum Gasteiger partial charge on any atom is 0.317 e. The largest absolute Gasteiger partial charge is 0.335 e. The first-order valence-corrected chi connectivity index (χ1v) is 6.03. The average molecular weight is 211 g/mol. The van der Waals surface area contributed by atoms with Crippen LogP contribution in [0.15, 0.2) is 0 Å². The third-order valence-electron chi connectivity index (χ3n) is 3.55. The summed E-state index contributed by atoms with van der Waals surface area (Å²) in [6, 6.07) is 0.431. The Morgan fingerprint density at radius 3 is 2.80 bits per heavy atom. The lowest BCUT2D eigenvalue weighted by molar-refractivity contribution is 0.201. The van der Waals surface area contributed by atoms with Crippen LogP contribution in [-0.2, 0) is 0 Å². The van der Waals surface area contributed by atoms with E-state index in [-0.39, 0.29) is 6.03 Å². The third kappa shape index (κ3) is 2.62. The van der Waals surface area contributed by atoms with Crippen molar-refractivity contribution in [3.05, 3.63) is 0 Å². The SMILES string of the molecule is CC(NC(=O)N1CCCC1)C1CCNC1. The highest BCUT2D eigenvalue weighted by atomic mass is 16.2. The zero-order valence-corrected chi connectivity index (χ0v) is 9.46. The smallest absolute Gasteiger partial charge is 0.317 e. The molecular formula is C11H21N3O. The molecule has 0 spiro atoms. The second-order valence-corrected chi connectivity index (χ2v) is 4.69. The van der Waals surface area contributed by atoms with Crippen LogP contribution in [0.4, 0.5) is 4.79 Å². The lowest BCUT2D eigenvalue weighted by Gasteiger charge is -2.23. The van der Waals surface area contributed by atoms with Gasteiger partial charge in [-0.05, 0) is 45.2 Å². The van der Waals surface area contributed by atoms with E-state index in [1.54, 1.807) is 0 Å². The monoisotopic (exact) mass is 211 g/mol. The molecule has 2 saturated heterocycles. The van der Waals surface area contributed by atoms with Gasteiger partial charge in [-0.25, -0.2) is 4.79 Å². The van der Waals surface area contributed by atoms with Gasteiger partial charge in [0.25, 0.3) is 0 Å². The summed E-state index contributed by atoms with van der Waals surface area (Å²) in [7, 11) is 0. The lowest BCUT2D eigenvalue weighted by atomic mass is 10.0. The topological polar surface area (TPSA) is 44.4 Å². The summed E-state index contributed by atoms with van der Waals surface area (Å²) in [5, 5.41) is 6.44. The van der Waals surface area contributed by atoms with Gasteiger partial charge < -0.3 is 15.5 Å². The number of carbonyl (C=O) groups excluding carboxylic acids is 1. The van der Waals surface area contributed by atoms with Crippen LogP contribution >= 0.6 is 0 Å². The predicted molar refractivity (Wildman–Crippen MR) is 59.8 cm³/mol. The highest BCUT2D eigenvalue weighted by Gasteiger charge is 2.25. The van der Waals surface area contributed by atoms with Crippen molar-refractivity contribution in [1.29, 1.82) is 0 Å². The molecule has 0 aromatic carbocycles.